The normalized spacial score (nSPS) is 11.4. The number of nitrogens with one attached hydrogen (secondary N) is 1. The van der Waals surface area contributed by atoms with Gasteiger partial charge in [0.1, 0.15) is 6.61 Å². The number of aliphatic imine (C=N–C) groups is 1. The van der Waals surface area contributed by atoms with Crippen LogP contribution in [0.15, 0.2) is 41.7 Å². The van der Waals surface area contributed by atoms with Crippen LogP contribution in [-0.4, -0.2) is 47.7 Å². The van der Waals surface area contributed by atoms with Crippen molar-refractivity contribution in [3.63, 3.8) is 0 Å². The summed E-state index contributed by atoms with van der Waals surface area (Å²) < 4.78 is 7.65. The highest BCUT2D eigenvalue weighted by atomic mass is 35.5. The topological polar surface area (TPSA) is 54.7 Å². The number of hydrogen-bond donors (Lipinski definition) is 1. The Hall–Kier alpha value is -2.21. The third-order valence-corrected chi connectivity index (χ3v) is 3.58. The van der Waals surface area contributed by atoms with Gasteiger partial charge in [-0.05, 0) is 18.2 Å². The fourth-order valence-electron chi connectivity index (χ4n) is 2.13. The molecular formula is C16H22ClN5O. The molecule has 0 saturated carbocycles. The molecule has 0 spiro atoms. The van der Waals surface area contributed by atoms with E-state index in [0.717, 1.165) is 12.5 Å². The van der Waals surface area contributed by atoms with Crippen LogP contribution < -0.4 is 10.1 Å². The van der Waals surface area contributed by atoms with Crippen molar-refractivity contribution in [3.8, 4) is 5.88 Å². The lowest BCUT2D eigenvalue weighted by atomic mass is 10.4. The first-order valence-electron chi connectivity index (χ1n) is 7.36. The molecule has 2 aromatic heterocycles. The van der Waals surface area contributed by atoms with Crippen LogP contribution >= 0.6 is 11.6 Å². The standard InChI is InChI=1S/C16H22ClN5O/c1-18-16(22(3)12-14-5-4-9-21(14)2)19-8-10-23-15-7-6-13(17)11-20-15/h4-7,9,11H,8,10,12H2,1-3H3,(H,18,19). The number of nitrogens with zero attached hydrogens (tertiary/aromatic N) is 4. The molecule has 2 rings (SSSR count). The summed E-state index contributed by atoms with van der Waals surface area (Å²) in [4.78, 5) is 10.4. The van der Waals surface area contributed by atoms with Crippen molar-refractivity contribution >= 4 is 17.6 Å². The van der Waals surface area contributed by atoms with Crippen LogP contribution in [0.4, 0.5) is 0 Å². The summed E-state index contributed by atoms with van der Waals surface area (Å²) in [6.45, 7) is 1.91. The molecule has 0 aliphatic rings. The molecule has 1 N–H and O–H groups in total. The van der Waals surface area contributed by atoms with E-state index in [2.05, 4.69) is 30.8 Å². The number of hydrogen-bond acceptors (Lipinski definition) is 3. The maximum Gasteiger partial charge on any atom is 0.213 e. The quantitative estimate of drug-likeness (QED) is 0.499. The zero-order valence-corrected chi connectivity index (χ0v) is 14.4. The van der Waals surface area contributed by atoms with Gasteiger partial charge in [-0.2, -0.15) is 0 Å². The lowest BCUT2D eigenvalue weighted by Crippen LogP contribution is -2.40. The molecule has 2 heterocycles. The van der Waals surface area contributed by atoms with Crippen molar-refractivity contribution in [3.05, 3.63) is 47.4 Å². The van der Waals surface area contributed by atoms with Crippen LogP contribution in [0.3, 0.4) is 0 Å². The molecule has 0 amide bonds. The van der Waals surface area contributed by atoms with Gasteiger partial charge < -0.3 is 19.5 Å². The van der Waals surface area contributed by atoms with E-state index in [9.17, 15) is 0 Å². The Morgan fingerprint density at radius 1 is 1.43 bits per heavy atom. The molecule has 0 bridgehead atoms. The smallest absolute Gasteiger partial charge is 0.213 e. The molecule has 23 heavy (non-hydrogen) atoms. The summed E-state index contributed by atoms with van der Waals surface area (Å²) in [5, 5.41) is 3.87. The van der Waals surface area contributed by atoms with Gasteiger partial charge in [0.2, 0.25) is 5.88 Å². The van der Waals surface area contributed by atoms with Crippen LogP contribution in [0.5, 0.6) is 5.88 Å². The zero-order chi connectivity index (χ0) is 16.7. The molecule has 7 heteroatoms. The first-order chi connectivity index (χ1) is 11.1. The molecule has 124 valence electrons. The predicted octanol–water partition coefficient (Wildman–Crippen LogP) is 2.16. The molecule has 0 atom stereocenters. The van der Waals surface area contributed by atoms with Crippen molar-refractivity contribution in [1.29, 1.82) is 0 Å². The van der Waals surface area contributed by atoms with Crippen LogP contribution in [0, 0.1) is 0 Å². The highest BCUT2D eigenvalue weighted by Gasteiger charge is 2.08. The van der Waals surface area contributed by atoms with Gasteiger partial charge >= 0.3 is 0 Å². The van der Waals surface area contributed by atoms with E-state index >= 15 is 0 Å². The van der Waals surface area contributed by atoms with Gasteiger partial charge in [-0.3, -0.25) is 4.99 Å². The highest BCUT2D eigenvalue weighted by molar-refractivity contribution is 6.30. The molecular weight excluding hydrogens is 314 g/mol. The maximum atomic E-state index is 5.78. The largest absolute Gasteiger partial charge is 0.476 e. The van der Waals surface area contributed by atoms with Gasteiger partial charge in [0.15, 0.2) is 5.96 Å². The Labute approximate surface area is 141 Å². The molecule has 0 aromatic carbocycles. The Morgan fingerprint density at radius 2 is 2.26 bits per heavy atom. The number of aryl methyl sites for hydroxylation is 1. The molecule has 0 aliphatic heterocycles. The van der Waals surface area contributed by atoms with Crippen LogP contribution in [0.1, 0.15) is 5.69 Å². The van der Waals surface area contributed by atoms with Gasteiger partial charge in [-0.25, -0.2) is 4.98 Å². The van der Waals surface area contributed by atoms with E-state index in [4.69, 9.17) is 16.3 Å². The summed E-state index contributed by atoms with van der Waals surface area (Å²) in [5.74, 6) is 1.38. The van der Waals surface area contributed by atoms with Crippen molar-refractivity contribution in [1.82, 2.24) is 19.8 Å². The van der Waals surface area contributed by atoms with E-state index in [-0.39, 0.29) is 0 Å². The van der Waals surface area contributed by atoms with Gasteiger partial charge in [0.25, 0.3) is 0 Å². The molecule has 6 nitrogen and oxygen atoms in total. The molecule has 0 unspecified atom stereocenters. The number of ether oxygens (including phenoxy) is 1. The summed E-state index contributed by atoms with van der Waals surface area (Å²) >= 11 is 5.78. The van der Waals surface area contributed by atoms with E-state index < -0.39 is 0 Å². The minimum atomic E-state index is 0.492. The Bertz CT molecular complexity index is 638. The predicted molar refractivity (Wildman–Crippen MR) is 93.0 cm³/mol. The molecule has 0 radical (unpaired) electrons. The van der Waals surface area contributed by atoms with Crippen molar-refractivity contribution < 1.29 is 4.74 Å². The number of pyridine rings is 1. The van der Waals surface area contributed by atoms with E-state index in [0.29, 0.717) is 24.1 Å². The first kappa shape index (κ1) is 17.1. The van der Waals surface area contributed by atoms with Crippen molar-refractivity contribution in [2.75, 3.05) is 27.2 Å². The average Bonchev–Trinajstić information content (AvgIpc) is 2.94. The minimum absolute atomic E-state index is 0.492. The maximum absolute atomic E-state index is 5.78. The summed E-state index contributed by atoms with van der Waals surface area (Å²) in [7, 11) is 5.81. The highest BCUT2D eigenvalue weighted by Crippen LogP contribution is 2.11. The summed E-state index contributed by atoms with van der Waals surface area (Å²) in [6.07, 6.45) is 3.60. The third-order valence-electron chi connectivity index (χ3n) is 3.36. The number of halogens is 1. The van der Waals surface area contributed by atoms with Crippen molar-refractivity contribution in [2.24, 2.45) is 12.0 Å². The van der Waals surface area contributed by atoms with E-state index in [1.165, 1.54) is 5.69 Å². The van der Waals surface area contributed by atoms with Crippen molar-refractivity contribution in [2.45, 2.75) is 6.54 Å². The second-order valence-corrected chi connectivity index (χ2v) is 5.54. The average molecular weight is 336 g/mol. The molecule has 0 aliphatic carbocycles. The van der Waals surface area contributed by atoms with Gasteiger partial charge in [0.05, 0.1) is 18.1 Å². The fourth-order valence-corrected chi connectivity index (χ4v) is 2.24. The Morgan fingerprint density at radius 3 is 2.87 bits per heavy atom. The third kappa shape index (κ3) is 5.17. The first-order valence-corrected chi connectivity index (χ1v) is 7.74. The Kier molecular flexibility index (Phi) is 6.29. The number of guanidine groups is 1. The van der Waals surface area contributed by atoms with E-state index in [1.54, 1.807) is 25.4 Å². The molecule has 0 saturated heterocycles. The monoisotopic (exact) mass is 335 g/mol. The van der Waals surface area contributed by atoms with E-state index in [1.807, 2.05) is 26.4 Å². The molecule has 2 aromatic rings. The van der Waals surface area contributed by atoms with Gasteiger partial charge in [0, 0.05) is 45.3 Å². The summed E-state index contributed by atoms with van der Waals surface area (Å²) in [6, 6.07) is 7.63. The number of aromatic nitrogens is 2. The SMILES string of the molecule is CN=C(NCCOc1ccc(Cl)cn1)N(C)Cc1cccn1C. The van der Waals surface area contributed by atoms with Gasteiger partial charge in [-0.15, -0.1) is 0 Å². The fraction of sp³-hybridized carbons (Fsp3) is 0.375. The lowest BCUT2D eigenvalue weighted by Gasteiger charge is -2.22. The second-order valence-electron chi connectivity index (χ2n) is 5.10. The number of rotatable bonds is 6. The minimum Gasteiger partial charge on any atom is -0.476 e. The zero-order valence-electron chi connectivity index (χ0n) is 13.7. The van der Waals surface area contributed by atoms with Crippen LogP contribution in [0.25, 0.3) is 0 Å². The summed E-state index contributed by atoms with van der Waals surface area (Å²) in [5.41, 5.74) is 1.22. The molecule has 0 fully saturated rings. The van der Waals surface area contributed by atoms with Crippen LogP contribution in [0.2, 0.25) is 5.02 Å². The van der Waals surface area contributed by atoms with Gasteiger partial charge in [-0.1, -0.05) is 11.6 Å². The second kappa shape index (κ2) is 8.43. The van der Waals surface area contributed by atoms with Crippen LogP contribution in [-0.2, 0) is 13.6 Å². The lowest BCUT2D eigenvalue weighted by molar-refractivity contribution is 0.307. The Balaban J connectivity index is 1.76.